The minimum atomic E-state index is 0.326. The molecule has 144 valence electrons. The number of aryl methyl sites for hydroxylation is 1. The zero-order valence-electron chi connectivity index (χ0n) is 15.8. The maximum Gasteiger partial charge on any atom is 0.161 e. The molecule has 0 bridgehead atoms. The summed E-state index contributed by atoms with van der Waals surface area (Å²) < 4.78 is 11.7. The van der Waals surface area contributed by atoms with E-state index in [2.05, 4.69) is 11.9 Å². The van der Waals surface area contributed by atoms with Crippen LogP contribution in [-0.4, -0.2) is 12.8 Å². The Labute approximate surface area is 175 Å². The van der Waals surface area contributed by atoms with Crippen molar-refractivity contribution in [3.8, 4) is 11.5 Å². The standard InChI is InChI=1S/C23H21Cl2NO2/c1-3-27-23-12-17(14-26-20-9-4-16(2)5-10-20)6-11-22(23)28-15-18-7-8-19(24)13-21(18)25/h4-14H,3,15H2,1-2H3. The molecule has 0 aliphatic carbocycles. The molecule has 0 N–H and O–H groups in total. The van der Waals surface area contributed by atoms with E-state index in [1.165, 1.54) is 5.56 Å². The molecule has 0 heterocycles. The Morgan fingerprint density at radius 1 is 0.893 bits per heavy atom. The van der Waals surface area contributed by atoms with Gasteiger partial charge in [0, 0.05) is 21.8 Å². The fraction of sp³-hybridized carbons (Fsp3) is 0.174. The van der Waals surface area contributed by atoms with Crippen LogP contribution in [0.3, 0.4) is 0 Å². The van der Waals surface area contributed by atoms with Crippen molar-refractivity contribution < 1.29 is 9.47 Å². The van der Waals surface area contributed by atoms with Gasteiger partial charge in [-0.25, -0.2) is 0 Å². The molecular weight excluding hydrogens is 393 g/mol. The highest BCUT2D eigenvalue weighted by atomic mass is 35.5. The van der Waals surface area contributed by atoms with E-state index < -0.39 is 0 Å². The Kier molecular flexibility index (Phi) is 6.96. The van der Waals surface area contributed by atoms with E-state index in [4.69, 9.17) is 32.7 Å². The van der Waals surface area contributed by atoms with Gasteiger partial charge in [0.1, 0.15) is 6.61 Å². The second kappa shape index (κ2) is 9.63. The Balaban J connectivity index is 1.75. The molecule has 0 fully saturated rings. The van der Waals surface area contributed by atoms with Crippen molar-refractivity contribution in [2.24, 2.45) is 4.99 Å². The second-order valence-corrected chi connectivity index (χ2v) is 7.10. The van der Waals surface area contributed by atoms with Crippen molar-refractivity contribution in [1.29, 1.82) is 0 Å². The Morgan fingerprint density at radius 3 is 2.39 bits per heavy atom. The lowest BCUT2D eigenvalue weighted by atomic mass is 10.2. The Bertz CT molecular complexity index is 969. The van der Waals surface area contributed by atoms with Gasteiger partial charge in [0.15, 0.2) is 11.5 Å². The molecule has 0 saturated heterocycles. The highest BCUT2D eigenvalue weighted by molar-refractivity contribution is 6.35. The average molecular weight is 414 g/mol. The third-order valence-electron chi connectivity index (χ3n) is 4.06. The molecule has 0 aliphatic rings. The summed E-state index contributed by atoms with van der Waals surface area (Å²) in [4.78, 5) is 4.51. The molecule has 5 heteroatoms. The van der Waals surface area contributed by atoms with Crippen molar-refractivity contribution in [2.45, 2.75) is 20.5 Å². The van der Waals surface area contributed by atoms with Gasteiger partial charge in [0.05, 0.1) is 12.3 Å². The van der Waals surface area contributed by atoms with E-state index in [0.29, 0.717) is 34.8 Å². The molecule has 0 amide bonds. The fourth-order valence-electron chi connectivity index (χ4n) is 2.57. The molecule has 28 heavy (non-hydrogen) atoms. The van der Waals surface area contributed by atoms with Crippen LogP contribution in [0.25, 0.3) is 0 Å². The van der Waals surface area contributed by atoms with E-state index in [-0.39, 0.29) is 0 Å². The van der Waals surface area contributed by atoms with Crippen molar-refractivity contribution in [1.82, 2.24) is 0 Å². The average Bonchev–Trinajstić information content (AvgIpc) is 2.68. The van der Waals surface area contributed by atoms with E-state index in [1.54, 1.807) is 12.1 Å². The highest BCUT2D eigenvalue weighted by Gasteiger charge is 2.08. The molecule has 3 nitrogen and oxygen atoms in total. The zero-order valence-corrected chi connectivity index (χ0v) is 17.3. The number of hydrogen-bond acceptors (Lipinski definition) is 3. The van der Waals surface area contributed by atoms with Crippen molar-refractivity contribution >= 4 is 35.1 Å². The van der Waals surface area contributed by atoms with E-state index in [1.807, 2.05) is 61.7 Å². The van der Waals surface area contributed by atoms with Gasteiger partial charge in [-0.05, 0) is 61.9 Å². The Morgan fingerprint density at radius 2 is 1.68 bits per heavy atom. The lowest BCUT2D eigenvalue weighted by Crippen LogP contribution is -2.01. The summed E-state index contributed by atoms with van der Waals surface area (Å²) in [6, 6.07) is 19.1. The highest BCUT2D eigenvalue weighted by Crippen LogP contribution is 2.30. The number of benzene rings is 3. The molecule has 0 saturated carbocycles. The molecule has 0 radical (unpaired) electrons. The lowest BCUT2D eigenvalue weighted by molar-refractivity contribution is 0.269. The van der Waals surface area contributed by atoms with Gasteiger partial charge < -0.3 is 9.47 Å². The number of aliphatic imine (C=N–C) groups is 1. The van der Waals surface area contributed by atoms with Crippen LogP contribution in [0, 0.1) is 6.92 Å². The minimum Gasteiger partial charge on any atom is -0.490 e. The van der Waals surface area contributed by atoms with Gasteiger partial charge in [-0.15, -0.1) is 0 Å². The zero-order chi connectivity index (χ0) is 19.9. The minimum absolute atomic E-state index is 0.326. The summed E-state index contributed by atoms with van der Waals surface area (Å²) in [7, 11) is 0. The SMILES string of the molecule is CCOc1cc(C=Nc2ccc(C)cc2)ccc1OCc1ccc(Cl)cc1Cl. The Hall–Kier alpha value is -2.49. The molecule has 0 spiro atoms. The van der Waals surface area contributed by atoms with Crippen LogP contribution >= 0.6 is 23.2 Å². The summed E-state index contributed by atoms with van der Waals surface area (Å²) in [5, 5.41) is 1.17. The van der Waals surface area contributed by atoms with Crippen LogP contribution in [0.5, 0.6) is 11.5 Å². The summed E-state index contributed by atoms with van der Waals surface area (Å²) in [5.41, 5.74) is 3.90. The lowest BCUT2D eigenvalue weighted by Gasteiger charge is -2.13. The molecule has 3 rings (SSSR count). The van der Waals surface area contributed by atoms with E-state index in [0.717, 1.165) is 16.8 Å². The summed E-state index contributed by atoms with van der Waals surface area (Å²) in [6.45, 7) is 4.86. The molecule has 3 aromatic carbocycles. The number of hydrogen-bond donors (Lipinski definition) is 0. The van der Waals surface area contributed by atoms with Gasteiger partial charge in [-0.3, -0.25) is 4.99 Å². The smallest absolute Gasteiger partial charge is 0.161 e. The first-order valence-corrected chi connectivity index (χ1v) is 9.75. The second-order valence-electron chi connectivity index (χ2n) is 6.26. The molecular formula is C23H21Cl2NO2. The van der Waals surface area contributed by atoms with Gasteiger partial charge in [0.2, 0.25) is 0 Å². The first kappa shape index (κ1) is 20.2. The van der Waals surface area contributed by atoms with Crippen molar-refractivity contribution in [2.75, 3.05) is 6.61 Å². The van der Waals surface area contributed by atoms with Crippen LogP contribution in [0.4, 0.5) is 5.69 Å². The van der Waals surface area contributed by atoms with Gasteiger partial charge >= 0.3 is 0 Å². The molecule has 0 unspecified atom stereocenters. The number of rotatable bonds is 7. The molecule has 0 aliphatic heterocycles. The summed E-state index contributed by atoms with van der Waals surface area (Å²) in [5.74, 6) is 1.32. The van der Waals surface area contributed by atoms with Crippen LogP contribution in [0.1, 0.15) is 23.6 Å². The van der Waals surface area contributed by atoms with Crippen LogP contribution in [-0.2, 0) is 6.61 Å². The van der Waals surface area contributed by atoms with E-state index >= 15 is 0 Å². The number of halogens is 2. The monoisotopic (exact) mass is 413 g/mol. The summed E-state index contributed by atoms with van der Waals surface area (Å²) >= 11 is 12.2. The van der Waals surface area contributed by atoms with Gasteiger partial charge in [0.25, 0.3) is 0 Å². The van der Waals surface area contributed by atoms with Crippen molar-refractivity contribution in [3.63, 3.8) is 0 Å². The number of nitrogens with zero attached hydrogens (tertiary/aromatic N) is 1. The largest absolute Gasteiger partial charge is 0.490 e. The summed E-state index contributed by atoms with van der Waals surface area (Å²) in [6.07, 6.45) is 1.81. The topological polar surface area (TPSA) is 30.8 Å². The normalized spacial score (nSPS) is 11.0. The first-order valence-electron chi connectivity index (χ1n) is 8.99. The third kappa shape index (κ3) is 5.51. The van der Waals surface area contributed by atoms with Crippen LogP contribution < -0.4 is 9.47 Å². The van der Waals surface area contributed by atoms with Gasteiger partial charge in [-0.1, -0.05) is 47.0 Å². The third-order valence-corrected chi connectivity index (χ3v) is 4.65. The van der Waals surface area contributed by atoms with E-state index in [9.17, 15) is 0 Å². The van der Waals surface area contributed by atoms with Crippen LogP contribution in [0.15, 0.2) is 65.7 Å². The molecule has 0 atom stereocenters. The molecule has 3 aromatic rings. The fourth-order valence-corrected chi connectivity index (χ4v) is 3.03. The van der Waals surface area contributed by atoms with Crippen molar-refractivity contribution in [3.05, 3.63) is 87.4 Å². The maximum absolute atomic E-state index is 6.22. The predicted octanol–water partition coefficient (Wildman–Crippen LogP) is 7.03. The quantitative estimate of drug-likeness (QED) is 0.389. The first-order chi connectivity index (χ1) is 13.5. The predicted molar refractivity (Wildman–Crippen MR) is 117 cm³/mol. The van der Waals surface area contributed by atoms with Crippen LogP contribution in [0.2, 0.25) is 10.0 Å². The van der Waals surface area contributed by atoms with Gasteiger partial charge in [-0.2, -0.15) is 0 Å². The number of ether oxygens (including phenoxy) is 2. The molecule has 0 aromatic heterocycles. The maximum atomic E-state index is 6.22.